The van der Waals surface area contributed by atoms with Crippen LogP contribution in [0, 0.1) is 0 Å². The van der Waals surface area contributed by atoms with E-state index < -0.39 is 0 Å². The molecule has 24 heavy (non-hydrogen) atoms. The Labute approximate surface area is 140 Å². The molecule has 6 heteroatoms. The van der Waals surface area contributed by atoms with Crippen LogP contribution in [-0.2, 0) is 11.2 Å². The van der Waals surface area contributed by atoms with Gasteiger partial charge in [-0.2, -0.15) is 5.10 Å². The molecule has 0 saturated heterocycles. The predicted octanol–water partition coefficient (Wildman–Crippen LogP) is 2.49. The summed E-state index contributed by atoms with van der Waals surface area (Å²) < 4.78 is 10.7. The van der Waals surface area contributed by atoms with E-state index in [0.717, 1.165) is 11.1 Å². The van der Waals surface area contributed by atoms with E-state index in [1.165, 1.54) is 6.21 Å². The van der Waals surface area contributed by atoms with Gasteiger partial charge in [0.25, 0.3) is 0 Å². The molecule has 0 bridgehead atoms. The number of ether oxygens (including phenoxy) is 2. The minimum absolute atomic E-state index is 0.168. The summed E-state index contributed by atoms with van der Waals surface area (Å²) in [6, 6.07) is 11.9. The maximum absolute atomic E-state index is 11.8. The number of nitrogens with zero attached hydrogens (tertiary/aromatic N) is 1. The van der Waals surface area contributed by atoms with Gasteiger partial charge in [-0.25, -0.2) is 5.43 Å². The van der Waals surface area contributed by atoms with Gasteiger partial charge in [-0.1, -0.05) is 12.1 Å². The summed E-state index contributed by atoms with van der Waals surface area (Å²) in [6.45, 7) is 2.42. The van der Waals surface area contributed by atoms with Crippen molar-refractivity contribution >= 4 is 12.1 Å². The van der Waals surface area contributed by atoms with Gasteiger partial charge in [-0.05, 0) is 48.4 Å². The second kappa shape index (κ2) is 8.57. The smallest absolute Gasteiger partial charge is 0.244 e. The predicted molar refractivity (Wildman–Crippen MR) is 91.7 cm³/mol. The Hall–Kier alpha value is -3.02. The molecule has 0 atom stereocenters. The lowest BCUT2D eigenvalue weighted by Crippen LogP contribution is -2.19. The van der Waals surface area contributed by atoms with Crippen LogP contribution in [-0.4, -0.2) is 30.9 Å². The quantitative estimate of drug-likeness (QED) is 0.604. The van der Waals surface area contributed by atoms with Crippen LogP contribution in [0.4, 0.5) is 0 Å². The summed E-state index contributed by atoms with van der Waals surface area (Å²) in [5.74, 6) is 1.20. The van der Waals surface area contributed by atoms with E-state index in [9.17, 15) is 9.90 Å². The van der Waals surface area contributed by atoms with Gasteiger partial charge in [0.1, 0.15) is 5.75 Å². The molecule has 2 rings (SSSR count). The van der Waals surface area contributed by atoms with Gasteiger partial charge in [0, 0.05) is 0 Å². The number of hydrazone groups is 1. The second-order valence-electron chi connectivity index (χ2n) is 4.98. The number of carbonyl (C=O) groups excluding carboxylic acids is 1. The molecule has 0 aliphatic carbocycles. The van der Waals surface area contributed by atoms with E-state index in [0.29, 0.717) is 18.1 Å². The number of amides is 1. The van der Waals surface area contributed by atoms with Crippen LogP contribution in [0.3, 0.4) is 0 Å². The molecule has 1 amide bonds. The van der Waals surface area contributed by atoms with E-state index in [4.69, 9.17) is 9.47 Å². The summed E-state index contributed by atoms with van der Waals surface area (Å²) in [5.41, 5.74) is 4.05. The van der Waals surface area contributed by atoms with Crippen molar-refractivity contribution in [3.05, 3.63) is 53.6 Å². The zero-order chi connectivity index (χ0) is 17.4. The minimum atomic E-state index is -0.240. The van der Waals surface area contributed by atoms with Crippen molar-refractivity contribution < 1.29 is 19.4 Å². The molecule has 6 nitrogen and oxygen atoms in total. The highest BCUT2D eigenvalue weighted by atomic mass is 16.5. The zero-order valence-corrected chi connectivity index (χ0v) is 13.7. The fraction of sp³-hybridized carbons (Fsp3) is 0.222. The van der Waals surface area contributed by atoms with E-state index in [1.807, 2.05) is 13.0 Å². The van der Waals surface area contributed by atoms with Crippen molar-refractivity contribution in [3.8, 4) is 17.2 Å². The highest BCUT2D eigenvalue weighted by Crippen LogP contribution is 2.27. The van der Waals surface area contributed by atoms with Crippen molar-refractivity contribution in [2.24, 2.45) is 5.10 Å². The molecule has 2 N–H and O–H groups in total. The first-order chi connectivity index (χ1) is 11.6. The van der Waals surface area contributed by atoms with Gasteiger partial charge in [0.05, 0.1) is 26.4 Å². The third kappa shape index (κ3) is 5.01. The standard InChI is InChI=1S/C18H20N2O4/c1-3-24-17-10-14(6-9-16(17)23-2)12-19-20-18(22)11-13-4-7-15(21)8-5-13/h4-10,12,21H,3,11H2,1-2H3,(H,20,22)/b19-12-. The lowest BCUT2D eigenvalue weighted by molar-refractivity contribution is -0.120. The van der Waals surface area contributed by atoms with Gasteiger partial charge in [0.2, 0.25) is 5.91 Å². The first-order valence-corrected chi connectivity index (χ1v) is 7.53. The Morgan fingerprint density at radius 2 is 1.96 bits per heavy atom. The van der Waals surface area contributed by atoms with E-state index in [2.05, 4.69) is 10.5 Å². The molecular weight excluding hydrogens is 308 g/mol. The van der Waals surface area contributed by atoms with Crippen molar-refractivity contribution in [1.29, 1.82) is 0 Å². The van der Waals surface area contributed by atoms with Crippen molar-refractivity contribution in [2.75, 3.05) is 13.7 Å². The molecule has 2 aromatic carbocycles. The molecule has 0 spiro atoms. The Morgan fingerprint density at radius 3 is 2.62 bits per heavy atom. The van der Waals surface area contributed by atoms with E-state index in [-0.39, 0.29) is 18.1 Å². The third-order valence-corrected chi connectivity index (χ3v) is 3.19. The lowest BCUT2D eigenvalue weighted by Gasteiger charge is -2.09. The molecule has 0 fully saturated rings. The second-order valence-corrected chi connectivity index (χ2v) is 4.98. The minimum Gasteiger partial charge on any atom is -0.508 e. The summed E-state index contributed by atoms with van der Waals surface area (Å²) in [7, 11) is 1.58. The number of carbonyl (C=O) groups is 1. The maximum Gasteiger partial charge on any atom is 0.244 e. The van der Waals surface area contributed by atoms with Crippen LogP contribution in [0.15, 0.2) is 47.6 Å². The average molecular weight is 328 g/mol. The number of rotatable bonds is 7. The Morgan fingerprint density at radius 1 is 1.21 bits per heavy atom. The van der Waals surface area contributed by atoms with Crippen molar-refractivity contribution in [2.45, 2.75) is 13.3 Å². The van der Waals surface area contributed by atoms with E-state index in [1.54, 1.807) is 43.5 Å². The van der Waals surface area contributed by atoms with Crippen LogP contribution >= 0.6 is 0 Å². The van der Waals surface area contributed by atoms with Crippen molar-refractivity contribution in [3.63, 3.8) is 0 Å². The maximum atomic E-state index is 11.8. The molecule has 0 aromatic heterocycles. The largest absolute Gasteiger partial charge is 0.508 e. The first kappa shape index (κ1) is 17.3. The molecule has 0 saturated carbocycles. The Balaban J connectivity index is 1.94. The van der Waals surface area contributed by atoms with Gasteiger partial charge < -0.3 is 14.6 Å². The van der Waals surface area contributed by atoms with Gasteiger partial charge in [-0.15, -0.1) is 0 Å². The number of phenols is 1. The van der Waals surface area contributed by atoms with Gasteiger partial charge in [0.15, 0.2) is 11.5 Å². The summed E-state index contributed by atoms with van der Waals surface area (Å²) in [6.07, 6.45) is 1.72. The van der Waals surface area contributed by atoms with Gasteiger partial charge >= 0.3 is 0 Å². The fourth-order valence-electron chi connectivity index (χ4n) is 2.06. The van der Waals surface area contributed by atoms with Crippen LogP contribution in [0.1, 0.15) is 18.1 Å². The topological polar surface area (TPSA) is 80.2 Å². The van der Waals surface area contributed by atoms with Crippen LogP contribution < -0.4 is 14.9 Å². The zero-order valence-electron chi connectivity index (χ0n) is 13.7. The van der Waals surface area contributed by atoms with Crippen LogP contribution in [0.2, 0.25) is 0 Å². The summed E-state index contributed by atoms with van der Waals surface area (Å²) >= 11 is 0. The number of phenolic OH excluding ortho intramolecular Hbond substituents is 1. The SMILES string of the molecule is CCOc1cc(/C=N\NC(=O)Cc2ccc(O)cc2)ccc1OC. The number of benzene rings is 2. The van der Waals surface area contributed by atoms with Crippen LogP contribution in [0.25, 0.3) is 0 Å². The summed E-state index contributed by atoms with van der Waals surface area (Å²) in [4.78, 5) is 11.8. The highest BCUT2D eigenvalue weighted by molar-refractivity contribution is 5.84. The molecule has 126 valence electrons. The molecule has 0 radical (unpaired) electrons. The molecule has 0 aliphatic rings. The lowest BCUT2D eigenvalue weighted by atomic mass is 10.1. The Bertz CT molecular complexity index is 711. The monoisotopic (exact) mass is 328 g/mol. The number of aromatic hydroxyl groups is 1. The highest BCUT2D eigenvalue weighted by Gasteiger charge is 2.05. The number of hydrogen-bond donors (Lipinski definition) is 2. The first-order valence-electron chi connectivity index (χ1n) is 7.53. The molecular formula is C18H20N2O4. The molecule has 0 unspecified atom stereocenters. The fourth-order valence-corrected chi connectivity index (χ4v) is 2.06. The van der Waals surface area contributed by atoms with Crippen molar-refractivity contribution in [1.82, 2.24) is 5.43 Å². The normalized spacial score (nSPS) is 10.6. The summed E-state index contributed by atoms with van der Waals surface area (Å²) in [5, 5.41) is 13.2. The number of hydrogen-bond acceptors (Lipinski definition) is 5. The van der Waals surface area contributed by atoms with Crippen LogP contribution in [0.5, 0.6) is 17.2 Å². The third-order valence-electron chi connectivity index (χ3n) is 3.19. The molecule has 0 heterocycles. The number of nitrogens with one attached hydrogen (secondary N) is 1. The average Bonchev–Trinajstić information content (AvgIpc) is 2.57. The number of methoxy groups -OCH3 is 1. The molecule has 2 aromatic rings. The van der Waals surface area contributed by atoms with E-state index >= 15 is 0 Å². The Kier molecular flexibility index (Phi) is 6.19. The molecule has 0 aliphatic heterocycles. The van der Waals surface area contributed by atoms with Gasteiger partial charge in [-0.3, -0.25) is 4.79 Å².